The highest BCUT2D eigenvalue weighted by Crippen LogP contribution is 2.41. The summed E-state index contributed by atoms with van der Waals surface area (Å²) in [5.74, 6) is 1.15. The van der Waals surface area contributed by atoms with Gasteiger partial charge in [-0.1, -0.05) is 31.0 Å². The molecule has 3 fully saturated rings. The summed E-state index contributed by atoms with van der Waals surface area (Å²) in [7, 11) is 0. The highest BCUT2D eigenvalue weighted by molar-refractivity contribution is 5.98. The summed E-state index contributed by atoms with van der Waals surface area (Å²) in [6.45, 7) is 3.60. The van der Waals surface area contributed by atoms with E-state index in [0.717, 1.165) is 51.6 Å². The molecule has 1 aromatic rings. The summed E-state index contributed by atoms with van der Waals surface area (Å²) < 4.78 is 0. The molecule has 29 heavy (non-hydrogen) atoms. The zero-order chi connectivity index (χ0) is 19.7. The van der Waals surface area contributed by atoms with E-state index in [-0.39, 0.29) is 42.3 Å². The molecule has 1 saturated carbocycles. The summed E-state index contributed by atoms with van der Waals surface area (Å²) in [6.07, 6.45) is 7.30. The topological polar surface area (TPSA) is 66.6 Å². The number of fused-ring (bicyclic) bond motifs is 1. The molecule has 2 amide bonds. The van der Waals surface area contributed by atoms with Gasteiger partial charge in [0.2, 0.25) is 5.91 Å². The van der Waals surface area contributed by atoms with Crippen LogP contribution in [0.1, 0.15) is 62.2 Å². The Kier molecular flexibility index (Phi) is 7.23. The van der Waals surface area contributed by atoms with Crippen LogP contribution < -0.4 is 5.73 Å². The van der Waals surface area contributed by atoms with Crippen molar-refractivity contribution in [2.24, 2.45) is 17.6 Å². The number of hydrogen-bond donors (Lipinski definition) is 1. The van der Waals surface area contributed by atoms with Gasteiger partial charge in [-0.3, -0.25) is 9.59 Å². The molecule has 1 aromatic carbocycles. The number of hydrogen-bond acceptors (Lipinski definition) is 3. The van der Waals surface area contributed by atoms with Gasteiger partial charge in [0.1, 0.15) is 6.04 Å². The summed E-state index contributed by atoms with van der Waals surface area (Å²) in [4.78, 5) is 30.8. The normalized spacial score (nSPS) is 28.4. The second kappa shape index (κ2) is 9.48. The average Bonchev–Trinajstić information content (AvgIpc) is 3.13. The monoisotopic (exact) mass is 419 g/mol. The number of carbonyl (C=O) groups is 2. The zero-order valence-electron chi connectivity index (χ0n) is 17.3. The Balaban J connectivity index is 0.00000240. The Morgan fingerprint density at radius 3 is 2.34 bits per heavy atom. The second-order valence-corrected chi connectivity index (χ2v) is 8.96. The van der Waals surface area contributed by atoms with Crippen LogP contribution in [0, 0.1) is 11.8 Å². The molecule has 2 heterocycles. The lowest BCUT2D eigenvalue weighted by Crippen LogP contribution is -2.52. The van der Waals surface area contributed by atoms with Crippen LogP contribution in [0.25, 0.3) is 0 Å². The van der Waals surface area contributed by atoms with Crippen molar-refractivity contribution in [3.05, 3.63) is 35.9 Å². The lowest BCUT2D eigenvalue weighted by atomic mass is 9.84. The lowest BCUT2D eigenvalue weighted by molar-refractivity contribution is -0.137. The number of amides is 2. The molecule has 4 rings (SSSR count). The zero-order valence-corrected chi connectivity index (χ0v) is 18.2. The molecular weight excluding hydrogens is 386 g/mol. The SMILES string of the molecule is CC(N)C1CCN(C(=O)C2CC3CCCCC3N2C(=O)c2ccccc2)CC1.Cl. The molecular formula is C23H34ClN3O2. The summed E-state index contributed by atoms with van der Waals surface area (Å²) >= 11 is 0. The molecule has 6 heteroatoms. The van der Waals surface area contributed by atoms with Crippen molar-refractivity contribution in [2.45, 2.75) is 70.0 Å². The van der Waals surface area contributed by atoms with Crippen molar-refractivity contribution >= 4 is 24.2 Å². The Morgan fingerprint density at radius 1 is 1.03 bits per heavy atom. The highest BCUT2D eigenvalue weighted by atomic mass is 35.5. The maximum atomic E-state index is 13.5. The van der Waals surface area contributed by atoms with E-state index in [1.807, 2.05) is 40.1 Å². The first-order valence-corrected chi connectivity index (χ1v) is 11.0. The Labute approximate surface area is 180 Å². The van der Waals surface area contributed by atoms with Gasteiger partial charge in [0, 0.05) is 30.7 Å². The maximum absolute atomic E-state index is 13.5. The van der Waals surface area contributed by atoms with Crippen molar-refractivity contribution in [3.8, 4) is 0 Å². The first-order valence-electron chi connectivity index (χ1n) is 11.0. The standard InChI is InChI=1S/C23H33N3O2.ClH/c1-16(24)17-11-13-25(14-12-17)23(28)21-15-19-9-5-6-10-20(19)26(21)22(27)18-7-3-2-4-8-18;/h2-4,7-8,16-17,19-21H,5-6,9-15,24H2,1H3;1H. The van der Waals surface area contributed by atoms with Gasteiger partial charge in [-0.05, 0) is 63.0 Å². The van der Waals surface area contributed by atoms with Crippen LogP contribution in [0.3, 0.4) is 0 Å². The van der Waals surface area contributed by atoms with E-state index < -0.39 is 0 Å². The van der Waals surface area contributed by atoms with E-state index in [9.17, 15) is 9.59 Å². The Bertz CT molecular complexity index is 703. The molecule has 0 aromatic heterocycles. The minimum atomic E-state index is -0.298. The predicted octanol–water partition coefficient (Wildman–Crippen LogP) is 3.47. The number of nitrogens with zero attached hydrogens (tertiary/aromatic N) is 2. The molecule has 0 radical (unpaired) electrons. The third-order valence-electron chi connectivity index (χ3n) is 7.22. The van der Waals surface area contributed by atoms with Gasteiger partial charge in [-0.15, -0.1) is 12.4 Å². The Hall–Kier alpha value is -1.59. The molecule has 5 nitrogen and oxygen atoms in total. The second-order valence-electron chi connectivity index (χ2n) is 8.96. The molecule has 4 atom stereocenters. The predicted molar refractivity (Wildman–Crippen MR) is 117 cm³/mol. The van der Waals surface area contributed by atoms with Crippen molar-refractivity contribution in [1.29, 1.82) is 0 Å². The van der Waals surface area contributed by atoms with E-state index in [1.54, 1.807) is 0 Å². The maximum Gasteiger partial charge on any atom is 0.254 e. The smallest absolute Gasteiger partial charge is 0.254 e. The first-order chi connectivity index (χ1) is 13.6. The quantitative estimate of drug-likeness (QED) is 0.815. The van der Waals surface area contributed by atoms with Crippen molar-refractivity contribution < 1.29 is 9.59 Å². The van der Waals surface area contributed by atoms with Crippen LogP contribution in [0.4, 0.5) is 0 Å². The van der Waals surface area contributed by atoms with Crippen molar-refractivity contribution in [3.63, 3.8) is 0 Å². The third kappa shape index (κ3) is 4.46. The largest absolute Gasteiger partial charge is 0.341 e. The molecule has 0 bridgehead atoms. The number of rotatable bonds is 3. The number of nitrogens with two attached hydrogens (primary N) is 1. The van der Waals surface area contributed by atoms with Crippen LogP contribution in [-0.2, 0) is 4.79 Å². The van der Waals surface area contributed by atoms with Gasteiger partial charge in [0.05, 0.1) is 0 Å². The molecule has 2 saturated heterocycles. The van der Waals surface area contributed by atoms with Crippen LogP contribution >= 0.6 is 12.4 Å². The fourth-order valence-corrected chi connectivity index (χ4v) is 5.56. The third-order valence-corrected chi connectivity index (χ3v) is 7.22. The molecule has 1 aliphatic carbocycles. The fraction of sp³-hybridized carbons (Fsp3) is 0.652. The molecule has 160 valence electrons. The number of carbonyl (C=O) groups excluding carboxylic acids is 2. The lowest BCUT2D eigenvalue weighted by Gasteiger charge is -2.38. The molecule has 3 aliphatic rings. The minimum Gasteiger partial charge on any atom is -0.341 e. The minimum absolute atomic E-state index is 0. The Morgan fingerprint density at radius 2 is 1.69 bits per heavy atom. The first kappa shape index (κ1) is 22.1. The van der Waals surface area contributed by atoms with E-state index in [4.69, 9.17) is 5.73 Å². The number of halogens is 1. The number of piperidine rings is 1. The highest BCUT2D eigenvalue weighted by Gasteiger charge is 2.48. The number of likely N-dealkylation sites (tertiary alicyclic amines) is 2. The summed E-state index contributed by atoms with van der Waals surface area (Å²) in [5, 5.41) is 0. The van der Waals surface area contributed by atoms with Gasteiger partial charge >= 0.3 is 0 Å². The van der Waals surface area contributed by atoms with Crippen LogP contribution in [0.5, 0.6) is 0 Å². The van der Waals surface area contributed by atoms with Crippen LogP contribution in [-0.4, -0.2) is 52.8 Å². The molecule has 2 aliphatic heterocycles. The van der Waals surface area contributed by atoms with Crippen molar-refractivity contribution in [1.82, 2.24) is 9.80 Å². The van der Waals surface area contributed by atoms with Gasteiger partial charge in [-0.2, -0.15) is 0 Å². The fourth-order valence-electron chi connectivity index (χ4n) is 5.56. The number of benzene rings is 1. The summed E-state index contributed by atoms with van der Waals surface area (Å²) in [5.41, 5.74) is 6.76. The van der Waals surface area contributed by atoms with E-state index >= 15 is 0 Å². The van der Waals surface area contributed by atoms with Gasteiger partial charge < -0.3 is 15.5 Å². The van der Waals surface area contributed by atoms with Crippen molar-refractivity contribution in [2.75, 3.05) is 13.1 Å². The van der Waals surface area contributed by atoms with E-state index in [2.05, 4.69) is 6.92 Å². The average molecular weight is 420 g/mol. The van der Waals surface area contributed by atoms with Gasteiger partial charge in [0.15, 0.2) is 0 Å². The van der Waals surface area contributed by atoms with Gasteiger partial charge in [-0.25, -0.2) is 0 Å². The van der Waals surface area contributed by atoms with E-state index in [0.29, 0.717) is 17.4 Å². The summed E-state index contributed by atoms with van der Waals surface area (Å²) in [6, 6.07) is 9.57. The van der Waals surface area contributed by atoms with Gasteiger partial charge in [0.25, 0.3) is 5.91 Å². The van der Waals surface area contributed by atoms with E-state index in [1.165, 1.54) is 6.42 Å². The molecule has 2 N–H and O–H groups in total. The molecule has 0 spiro atoms. The molecule has 4 unspecified atom stereocenters. The van der Waals surface area contributed by atoms with Crippen LogP contribution in [0.15, 0.2) is 30.3 Å². The van der Waals surface area contributed by atoms with Crippen LogP contribution in [0.2, 0.25) is 0 Å².